The van der Waals surface area contributed by atoms with Crippen LogP contribution in [-0.2, 0) is 24.4 Å². The Hall–Kier alpha value is -3.76. The topological polar surface area (TPSA) is 86.1 Å². The number of nitrogens with zero attached hydrogens (tertiary/aromatic N) is 5. The second-order valence-electron chi connectivity index (χ2n) is 10.6. The van der Waals surface area contributed by atoms with Crippen molar-refractivity contribution in [3.63, 3.8) is 0 Å². The van der Waals surface area contributed by atoms with Crippen molar-refractivity contribution in [1.29, 1.82) is 0 Å². The monoisotopic (exact) mass is 540 g/mol. The van der Waals surface area contributed by atoms with Crippen molar-refractivity contribution < 1.29 is 14.7 Å². The molecule has 2 N–H and O–H groups in total. The summed E-state index contributed by atoms with van der Waals surface area (Å²) in [7, 11) is 0. The molecule has 208 valence electrons. The van der Waals surface area contributed by atoms with E-state index in [9.17, 15) is 4.79 Å². The van der Waals surface area contributed by atoms with Crippen molar-refractivity contribution in [1.82, 2.24) is 24.8 Å². The molecule has 0 radical (unpaired) electrons. The predicted octanol–water partition coefficient (Wildman–Crippen LogP) is 3.36. The molecule has 2 fully saturated rings. The fraction of sp³-hybridized carbons (Fsp3) is 0.355. The van der Waals surface area contributed by atoms with Gasteiger partial charge in [-0.3, -0.25) is 9.69 Å². The van der Waals surface area contributed by atoms with Gasteiger partial charge in [0.2, 0.25) is 0 Å². The zero-order chi connectivity index (χ0) is 27.3. The van der Waals surface area contributed by atoms with Crippen LogP contribution >= 0.6 is 0 Å². The predicted molar refractivity (Wildman–Crippen MR) is 155 cm³/mol. The lowest BCUT2D eigenvalue weighted by Gasteiger charge is -2.36. The molecule has 9 heteroatoms. The van der Waals surface area contributed by atoms with Crippen molar-refractivity contribution >= 4 is 22.6 Å². The van der Waals surface area contributed by atoms with Crippen LogP contribution in [0.1, 0.15) is 27.0 Å². The quantitative estimate of drug-likeness (QED) is 0.332. The highest BCUT2D eigenvalue weighted by Crippen LogP contribution is 2.23. The molecule has 1 amide bonds. The second kappa shape index (κ2) is 12.2. The molecule has 0 aliphatic carbocycles. The Morgan fingerprint density at radius 1 is 0.850 bits per heavy atom. The highest BCUT2D eigenvalue weighted by molar-refractivity contribution is 5.94. The van der Waals surface area contributed by atoms with Gasteiger partial charge >= 0.3 is 0 Å². The summed E-state index contributed by atoms with van der Waals surface area (Å²) in [5.74, 6) is 0.101. The summed E-state index contributed by atoms with van der Waals surface area (Å²) in [5, 5.41) is 9.99. The molecule has 0 saturated carbocycles. The van der Waals surface area contributed by atoms with Crippen LogP contribution in [0.2, 0.25) is 0 Å². The summed E-state index contributed by atoms with van der Waals surface area (Å²) in [5.41, 5.74) is 8.43. The van der Waals surface area contributed by atoms with E-state index in [4.69, 9.17) is 14.9 Å². The van der Waals surface area contributed by atoms with Crippen LogP contribution in [0.15, 0.2) is 73.1 Å². The first-order valence-corrected chi connectivity index (χ1v) is 14.0. The first-order valence-electron chi connectivity index (χ1n) is 14.0. The van der Waals surface area contributed by atoms with Crippen LogP contribution < -0.4 is 10.4 Å². The van der Waals surface area contributed by atoms with E-state index >= 15 is 0 Å². The standard InChI is InChI=1S/C31H36N6O3/c38-31(27-7-5-25(6-8-27)22-34-15-17-40-18-16-34)36-13-11-35(12-14-36)29-19-28-9-10-37(30(28)32-21-29)23-26-3-1-24(2-4-26)20-33-39/h1-10,19,21,33,39H,11-18,20,22-23H2. The summed E-state index contributed by atoms with van der Waals surface area (Å²) >= 11 is 0. The molecule has 2 aliphatic rings. The number of carbonyl (C=O) groups is 1. The van der Waals surface area contributed by atoms with E-state index in [1.165, 1.54) is 11.1 Å². The normalized spacial score (nSPS) is 16.5. The lowest BCUT2D eigenvalue weighted by Crippen LogP contribution is -2.48. The zero-order valence-electron chi connectivity index (χ0n) is 22.7. The third-order valence-electron chi connectivity index (χ3n) is 7.89. The molecule has 2 saturated heterocycles. The number of hydroxylamine groups is 1. The molecule has 0 bridgehead atoms. The molecule has 9 nitrogen and oxygen atoms in total. The molecule has 0 atom stereocenters. The molecule has 4 heterocycles. The fourth-order valence-electron chi connectivity index (χ4n) is 5.54. The molecular formula is C31H36N6O3. The lowest BCUT2D eigenvalue weighted by molar-refractivity contribution is 0.0342. The first-order chi connectivity index (χ1) is 19.7. The van der Waals surface area contributed by atoms with Crippen LogP contribution in [0, 0.1) is 0 Å². The number of nitrogens with one attached hydrogen (secondary N) is 1. The Labute approximate surface area is 234 Å². The number of anilines is 1. The van der Waals surface area contributed by atoms with E-state index in [2.05, 4.69) is 62.4 Å². The Morgan fingerprint density at radius 2 is 1.52 bits per heavy atom. The molecule has 4 aromatic rings. The maximum absolute atomic E-state index is 13.2. The number of rotatable bonds is 8. The largest absolute Gasteiger partial charge is 0.379 e. The van der Waals surface area contributed by atoms with Gasteiger partial charge in [-0.25, -0.2) is 10.5 Å². The third kappa shape index (κ3) is 6.03. The maximum atomic E-state index is 13.2. The van der Waals surface area contributed by atoms with Gasteiger partial charge in [-0.05, 0) is 41.0 Å². The summed E-state index contributed by atoms with van der Waals surface area (Å²) in [6.07, 6.45) is 4.02. The molecule has 2 aromatic carbocycles. The van der Waals surface area contributed by atoms with Gasteiger partial charge in [0.05, 0.1) is 25.1 Å². The molecule has 6 rings (SSSR count). The first kappa shape index (κ1) is 26.5. The van der Waals surface area contributed by atoms with Gasteiger partial charge in [0.25, 0.3) is 5.91 Å². The van der Waals surface area contributed by atoms with Crippen molar-refractivity contribution in [3.8, 4) is 0 Å². The van der Waals surface area contributed by atoms with Crippen LogP contribution in [0.4, 0.5) is 5.69 Å². The number of aromatic nitrogens is 2. The number of ether oxygens (including phenoxy) is 1. The molecule has 2 aromatic heterocycles. The zero-order valence-corrected chi connectivity index (χ0v) is 22.7. The minimum atomic E-state index is 0.101. The van der Waals surface area contributed by atoms with Crippen molar-refractivity contribution in [2.75, 3.05) is 57.4 Å². The highest BCUT2D eigenvalue weighted by Gasteiger charge is 2.23. The van der Waals surface area contributed by atoms with Gasteiger partial charge in [0.15, 0.2) is 0 Å². The van der Waals surface area contributed by atoms with Gasteiger partial charge < -0.3 is 24.3 Å². The Bertz CT molecular complexity index is 1420. The lowest BCUT2D eigenvalue weighted by atomic mass is 10.1. The average molecular weight is 541 g/mol. The average Bonchev–Trinajstić information content (AvgIpc) is 3.41. The van der Waals surface area contributed by atoms with E-state index < -0.39 is 0 Å². The summed E-state index contributed by atoms with van der Waals surface area (Å²) < 4.78 is 7.59. The van der Waals surface area contributed by atoms with Crippen molar-refractivity contribution in [2.24, 2.45) is 0 Å². The number of hydrogen-bond donors (Lipinski definition) is 2. The smallest absolute Gasteiger partial charge is 0.253 e. The number of benzene rings is 2. The fourth-order valence-corrected chi connectivity index (χ4v) is 5.54. The van der Waals surface area contributed by atoms with Crippen LogP contribution in [0.3, 0.4) is 0 Å². The van der Waals surface area contributed by atoms with E-state index in [1.807, 2.05) is 35.4 Å². The van der Waals surface area contributed by atoms with Crippen molar-refractivity contribution in [2.45, 2.75) is 19.6 Å². The Balaban J connectivity index is 1.04. The second-order valence-corrected chi connectivity index (χ2v) is 10.6. The molecule has 2 aliphatic heterocycles. The Kier molecular flexibility index (Phi) is 8.06. The van der Waals surface area contributed by atoms with E-state index in [0.29, 0.717) is 19.6 Å². The third-order valence-corrected chi connectivity index (χ3v) is 7.89. The van der Waals surface area contributed by atoms with E-state index in [1.54, 1.807) is 0 Å². The number of hydrogen-bond acceptors (Lipinski definition) is 7. The highest BCUT2D eigenvalue weighted by atomic mass is 16.5. The van der Waals surface area contributed by atoms with Crippen molar-refractivity contribution in [3.05, 3.63) is 95.3 Å². The van der Waals surface area contributed by atoms with Gasteiger partial charge in [0.1, 0.15) is 5.65 Å². The number of amides is 1. The maximum Gasteiger partial charge on any atom is 0.253 e. The molecule has 40 heavy (non-hydrogen) atoms. The van der Waals surface area contributed by atoms with Gasteiger partial charge in [-0.2, -0.15) is 0 Å². The van der Waals surface area contributed by atoms with Crippen LogP contribution in [0.25, 0.3) is 11.0 Å². The minimum Gasteiger partial charge on any atom is -0.379 e. The SMILES string of the molecule is O=C(c1ccc(CN2CCOCC2)cc1)N1CCN(c2cnc3c(ccn3Cc3ccc(CNO)cc3)c2)CC1. The minimum absolute atomic E-state index is 0.101. The number of carbonyl (C=O) groups excluding carboxylic acids is 1. The summed E-state index contributed by atoms with van der Waals surface area (Å²) in [6.45, 7) is 8.50. The summed E-state index contributed by atoms with van der Waals surface area (Å²) in [4.78, 5) is 24.6. The summed E-state index contributed by atoms with van der Waals surface area (Å²) in [6, 6.07) is 20.6. The van der Waals surface area contributed by atoms with E-state index in [0.717, 1.165) is 80.3 Å². The molecular weight excluding hydrogens is 504 g/mol. The van der Waals surface area contributed by atoms with Crippen LogP contribution in [-0.4, -0.2) is 82.9 Å². The number of pyridine rings is 1. The molecule has 0 unspecified atom stereocenters. The Morgan fingerprint density at radius 3 is 2.25 bits per heavy atom. The van der Waals surface area contributed by atoms with Gasteiger partial charge in [-0.1, -0.05) is 36.4 Å². The number of fused-ring (bicyclic) bond motifs is 1. The van der Waals surface area contributed by atoms with E-state index in [-0.39, 0.29) is 5.91 Å². The number of piperazine rings is 1. The number of morpholine rings is 1. The van der Waals surface area contributed by atoms with Gasteiger partial charge in [0, 0.05) is 76.0 Å². The van der Waals surface area contributed by atoms with Gasteiger partial charge in [-0.15, -0.1) is 0 Å². The van der Waals surface area contributed by atoms with Crippen LogP contribution in [0.5, 0.6) is 0 Å². The molecule has 0 spiro atoms.